The number of benzene rings is 1. The lowest BCUT2D eigenvalue weighted by atomic mass is 10.2. The Bertz CT molecular complexity index is 904. The Balaban J connectivity index is 1.81. The van der Waals surface area contributed by atoms with E-state index in [0.717, 1.165) is 34.5 Å². The fourth-order valence-corrected chi connectivity index (χ4v) is 3.67. The van der Waals surface area contributed by atoms with Gasteiger partial charge in [-0.3, -0.25) is 0 Å². The number of oxazole rings is 1. The molecule has 2 aromatic heterocycles. The van der Waals surface area contributed by atoms with Gasteiger partial charge in [-0.05, 0) is 39.0 Å². The maximum Gasteiger partial charge on any atom is 0.226 e. The van der Waals surface area contributed by atoms with Gasteiger partial charge >= 0.3 is 0 Å². The third kappa shape index (κ3) is 3.55. The molecule has 0 atom stereocenters. The molecule has 0 saturated heterocycles. The van der Waals surface area contributed by atoms with E-state index in [1.54, 1.807) is 26.0 Å². The summed E-state index contributed by atoms with van der Waals surface area (Å²) in [7, 11) is 3.22. The standard InChI is InChI=1S/C18H22N4O3S/c1-6-22-12(3)20-21-18(22)26-10-14-11(2)25-17(19-14)13-7-8-15(23-4)16(9-13)24-5/h7-9H,6,10H2,1-5H3. The maximum absolute atomic E-state index is 5.86. The molecule has 3 aromatic rings. The van der Waals surface area contributed by atoms with E-state index in [-0.39, 0.29) is 0 Å². The summed E-state index contributed by atoms with van der Waals surface area (Å²) >= 11 is 1.60. The van der Waals surface area contributed by atoms with Crippen molar-refractivity contribution in [3.8, 4) is 23.0 Å². The minimum atomic E-state index is 0.562. The summed E-state index contributed by atoms with van der Waals surface area (Å²) in [5, 5.41) is 9.25. The third-order valence-corrected chi connectivity index (χ3v) is 5.06. The van der Waals surface area contributed by atoms with Gasteiger partial charge < -0.3 is 18.5 Å². The van der Waals surface area contributed by atoms with Crippen molar-refractivity contribution in [1.82, 2.24) is 19.7 Å². The highest BCUT2D eigenvalue weighted by atomic mass is 32.2. The monoisotopic (exact) mass is 374 g/mol. The Labute approximate surface area is 156 Å². The van der Waals surface area contributed by atoms with E-state index in [4.69, 9.17) is 13.9 Å². The van der Waals surface area contributed by atoms with Crippen LogP contribution in [0.25, 0.3) is 11.5 Å². The largest absolute Gasteiger partial charge is 0.493 e. The van der Waals surface area contributed by atoms with Gasteiger partial charge in [-0.15, -0.1) is 10.2 Å². The van der Waals surface area contributed by atoms with Crippen molar-refractivity contribution in [2.75, 3.05) is 14.2 Å². The van der Waals surface area contributed by atoms with Gasteiger partial charge in [0.15, 0.2) is 16.7 Å². The summed E-state index contributed by atoms with van der Waals surface area (Å²) in [6.07, 6.45) is 0. The number of methoxy groups -OCH3 is 2. The highest BCUT2D eigenvalue weighted by molar-refractivity contribution is 7.98. The Hall–Kier alpha value is -2.48. The first-order valence-electron chi connectivity index (χ1n) is 8.28. The Kier molecular flexibility index (Phi) is 5.51. The van der Waals surface area contributed by atoms with Gasteiger partial charge in [0.25, 0.3) is 0 Å². The number of aromatic nitrogens is 4. The Morgan fingerprint density at radius 2 is 1.88 bits per heavy atom. The average molecular weight is 374 g/mol. The maximum atomic E-state index is 5.86. The molecule has 26 heavy (non-hydrogen) atoms. The second-order valence-corrected chi connectivity index (χ2v) is 6.60. The third-order valence-electron chi connectivity index (χ3n) is 4.08. The molecular weight excluding hydrogens is 352 g/mol. The summed E-state index contributed by atoms with van der Waals surface area (Å²) in [5.74, 6) is 4.25. The van der Waals surface area contributed by atoms with Gasteiger partial charge in [-0.1, -0.05) is 11.8 Å². The fraction of sp³-hybridized carbons (Fsp3) is 0.389. The first kappa shape index (κ1) is 18.3. The smallest absolute Gasteiger partial charge is 0.226 e. The molecule has 2 heterocycles. The van der Waals surface area contributed by atoms with Gasteiger partial charge in [0.2, 0.25) is 5.89 Å². The van der Waals surface area contributed by atoms with E-state index in [0.29, 0.717) is 23.1 Å². The molecule has 0 fully saturated rings. The number of ether oxygens (including phenoxy) is 2. The highest BCUT2D eigenvalue weighted by Crippen LogP contribution is 2.33. The van der Waals surface area contributed by atoms with Crippen molar-refractivity contribution in [2.24, 2.45) is 0 Å². The minimum Gasteiger partial charge on any atom is -0.493 e. The molecule has 0 amide bonds. The zero-order chi connectivity index (χ0) is 18.7. The van der Waals surface area contributed by atoms with Crippen LogP contribution in [0.5, 0.6) is 11.5 Å². The molecule has 7 nitrogen and oxygen atoms in total. The van der Waals surface area contributed by atoms with E-state index in [9.17, 15) is 0 Å². The van der Waals surface area contributed by atoms with E-state index in [1.165, 1.54) is 0 Å². The summed E-state index contributed by atoms with van der Waals surface area (Å²) in [6.45, 7) is 6.80. The topological polar surface area (TPSA) is 75.2 Å². The van der Waals surface area contributed by atoms with Crippen LogP contribution in [0.1, 0.15) is 24.2 Å². The first-order valence-corrected chi connectivity index (χ1v) is 9.27. The Morgan fingerprint density at radius 3 is 2.58 bits per heavy atom. The van der Waals surface area contributed by atoms with Crippen LogP contribution in [0.3, 0.4) is 0 Å². The van der Waals surface area contributed by atoms with E-state index in [1.807, 2.05) is 32.0 Å². The zero-order valence-electron chi connectivity index (χ0n) is 15.6. The second kappa shape index (κ2) is 7.82. The highest BCUT2D eigenvalue weighted by Gasteiger charge is 2.16. The van der Waals surface area contributed by atoms with Crippen LogP contribution in [-0.4, -0.2) is 34.0 Å². The van der Waals surface area contributed by atoms with Crippen LogP contribution in [-0.2, 0) is 12.3 Å². The molecule has 0 saturated carbocycles. The van der Waals surface area contributed by atoms with Crippen molar-refractivity contribution < 1.29 is 13.9 Å². The predicted molar refractivity (Wildman–Crippen MR) is 99.8 cm³/mol. The van der Waals surface area contributed by atoms with Gasteiger partial charge in [-0.2, -0.15) is 0 Å². The molecule has 0 unspecified atom stereocenters. The number of thioether (sulfide) groups is 1. The van der Waals surface area contributed by atoms with Gasteiger partial charge in [0.05, 0.1) is 19.9 Å². The van der Waals surface area contributed by atoms with Crippen molar-refractivity contribution in [1.29, 1.82) is 0 Å². The number of nitrogens with zero attached hydrogens (tertiary/aromatic N) is 4. The molecule has 0 aliphatic carbocycles. The van der Waals surface area contributed by atoms with Crippen LogP contribution in [0.15, 0.2) is 27.8 Å². The summed E-state index contributed by atoms with van der Waals surface area (Å²) in [6, 6.07) is 5.60. The minimum absolute atomic E-state index is 0.562. The van der Waals surface area contributed by atoms with Crippen LogP contribution in [0, 0.1) is 13.8 Å². The first-order chi connectivity index (χ1) is 12.6. The zero-order valence-corrected chi connectivity index (χ0v) is 16.4. The Morgan fingerprint density at radius 1 is 1.12 bits per heavy atom. The average Bonchev–Trinajstić information content (AvgIpc) is 3.21. The number of hydrogen-bond donors (Lipinski definition) is 0. The van der Waals surface area contributed by atoms with E-state index >= 15 is 0 Å². The molecule has 0 aliphatic rings. The van der Waals surface area contributed by atoms with Gasteiger partial charge in [-0.25, -0.2) is 4.98 Å². The van der Waals surface area contributed by atoms with Crippen molar-refractivity contribution in [3.63, 3.8) is 0 Å². The van der Waals surface area contributed by atoms with Crippen LogP contribution in [0.4, 0.5) is 0 Å². The normalized spacial score (nSPS) is 11.0. The van der Waals surface area contributed by atoms with Crippen molar-refractivity contribution in [2.45, 2.75) is 38.2 Å². The van der Waals surface area contributed by atoms with Crippen molar-refractivity contribution in [3.05, 3.63) is 35.5 Å². The van der Waals surface area contributed by atoms with Crippen LogP contribution < -0.4 is 9.47 Å². The number of rotatable bonds is 7. The molecule has 0 radical (unpaired) electrons. The number of hydrogen-bond acceptors (Lipinski definition) is 7. The van der Waals surface area contributed by atoms with E-state index in [2.05, 4.69) is 26.7 Å². The lowest BCUT2D eigenvalue weighted by Crippen LogP contribution is -1.99. The summed E-state index contributed by atoms with van der Waals surface area (Å²) < 4.78 is 18.6. The van der Waals surface area contributed by atoms with Crippen LogP contribution >= 0.6 is 11.8 Å². The second-order valence-electron chi connectivity index (χ2n) is 5.65. The molecule has 0 bridgehead atoms. The molecule has 1 aromatic carbocycles. The lowest BCUT2D eigenvalue weighted by Gasteiger charge is -2.07. The van der Waals surface area contributed by atoms with E-state index < -0.39 is 0 Å². The molecule has 0 spiro atoms. The predicted octanol–water partition coefficient (Wildman–Crippen LogP) is 3.88. The fourth-order valence-electron chi connectivity index (χ4n) is 2.62. The quantitative estimate of drug-likeness (QED) is 0.581. The summed E-state index contributed by atoms with van der Waals surface area (Å²) in [5.41, 5.74) is 1.73. The van der Waals surface area contributed by atoms with Crippen molar-refractivity contribution >= 4 is 11.8 Å². The molecule has 3 rings (SSSR count). The molecule has 0 aliphatic heterocycles. The molecule has 8 heteroatoms. The van der Waals surface area contributed by atoms with Gasteiger partial charge in [0.1, 0.15) is 11.6 Å². The number of aryl methyl sites for hydroxylation is 2. The molecular formula is C18H22N4O3S. The summed E-state index contributed by atoms with van der Waals surface area (Å²) in [4.78, 5) is 4.65. The molecule has 138 valence electrons. The lowest BCUT2D eigenvalue weighted by molar-refractivity contribution is 0.355. The van der Waals surface area contributed by atoms with Gasteiger partial charge in [0, 0.05) is 17.9 Å². The van der Waals surface area contributed by atoms with Crippen LogP contribution in [0.2, 0.25) is 0 Å². The molecule has 0 N–H and O–H groups in total. The SMILES string of the molecule is CCn1c(C)nnc1SCc1nc(-c2ccc(OC)c(OC)c2)oc1C.